The number of rotatable bonds is 11. The van der Waals surface area contributed by atoms with Gasteiger partial charge in [0.15, 0.2) is 0 Å². The molecular formula is C42H45FNO5PSi. The van der Waals surface area contributed by atoms with Gasteiger partial charge >= 0.3 is 5.97 Å². The van der Waals surface area contributed by atoms with E-state index in [1.54, 1.807) is 12.1 Å². The molecule has 1 aromatic heterocycles. The smallest absolute Gasteiger partial charge is 0.308 e. The molecule has 0 amide bonds. The summed E-state index contributed by atoms with van der Waals surface area (Å²) in [7, 11) is -4.28. The topological polar surface area (TPSA) is 74.7 Å². The quantitative estimate of drug-likeness (QED) is 0.0587. The summed E-state index contributed by atoms with van der Waals surface area (Å²) >= 11 is 0. The van der Waals surface area contributed by atoms with Crippen LogP contribution in [0.4, 0.5) is 4.39 Å². The highest BCUT2D eigenvalue weighted by Gasteiger charge is 2.52. The van der Waals surface area contributed by atoms with Crippen molar-refractivity contribution >= 4 is 42.9 Å². The van der Waals surface area contributed by atoms with Crippen molar-refractivity contribution in [3.05, 3.63) is 126 Å². The van der Waals surface area contributed by atoms with E-state index >= 15 is 0 Å². The van der Waals surface area contributed by atoms with E-state index < -0.39 is 32.8 Å². The molecule has 0 aliphatic carbocycles. The van der Waals surface area contributed by atoms with E-state index in [0.717, 1.165) is 38.1 Å². The minimum atomic E-state index is -3.80. The van der Waals surface area contributed by atoms with Crippen molar-refractivity contribution in [1.29, 1.82) is 0 Å². The van der Waals surface area contributed by atoms with Crippen LogP contribution in [-0.4, -0.2) is 45.8 Å². The molecule has 0 spiro atoms. The van der Waals surface area contributed by atoms with Crippen LogP contribution in [0.3, 0.4) is 0 Å². The van der Waals surface area contributed by atoms with Crippen LogP contribution < -0.4 is 10.4 Å². The summed E-state index contributed by atoms with van der Waals surface area (Å²) in [5.74, 6) is 2.35. The third-order valence-electron chi connectivity index (χ3n) is 9.07. The second kappa shape index (κ2) is 15.9. The number of carbonyl (C=O) groups excluding carboxylic acids is 1. The van der Waals surface area contributed by atoms with Crippen LogP contribution in [0.1, 0.15) is 58.2 Å². The highest BCUT2D eigenvalue weighted by Crippen LogP contribution is 2.48. The molecule has 5 aromatic rings. The van der Waals surface area contributed by atoms with E-state index in [-0.39, 0.29) is 24.3 Å². The number of halogens is 1. The number of ether oxygens (including phenoxy) is 1. The van der Waals surface area contributed by atoms with Crippen molar-refractivity contribution in [2.24, 2.45) is 0 Å². The lowest BCUT2D eigenvalue weighted by Gasteiger charge is -2.45. The molecule has 0 aliphatic rings. The van der Waals surface area contributed by atoms with E-state index in [2.05, 4.69) is 56.6 Å². The van der Waals surface area contributed by atoms with Gasteiger partial charge in [-0.1, -0.05) is 132 Å². The average molecular weight is 722 g/mol. The van der Waals surface area contributed by atoms with E-state index in [4.69, 9.17) is 18.7 Å². The highest BCUT2D eigenvalue weighted by atomic mass is 31.2. The summed E-state index contributed by atoms with van der Waals surface area (Å²) in [6.45, 7) is 10.5. The lowest BCUT2D eigenvalue weighted by molar-refractivity contribution is -0.142. The summed E-state index contributed by atoms with van der Waals surface area (Å²) < 4.78 is 47.1. The van der Waals surface area contributed by atoms with E-state index in [1.807, 2.05) is 74.5 Å². The van der Waals surface area contributed by atoms with Crippen LogP contribution >= 0.6 is 7.37 Å². The molecule has 6 nitrogen and oxygen atoms in total. The Kier molecular flexibility index (Phi) is 11.8. The first-order valence-electron chi connectivity index (χ1n) is 17.0. The van der Waals surface area contributed by atoms with Gasteiger partial charge in [-0.15, -0.1) is 0 Å². The van der Waals surface area contributed by atoms with Gasteiger partial charge in [0, 0.05) is 18.1 Å². The van der Waals surface area contributed by atoms with Crippen molar-refractivity contribution in [3.63, 3.8) is 0 Å². The summed E-state index contributed by atoms with van der Waals surface area (Å²) in [6.07, 6.45) is -1.16. The van der Waals surface area contributed by atoms with Gasteiger partial charge in [0.2, 0.25) is 0 Å². The predicted molar refractivity (Wildman–Crippen MR) is 207 cm³/mol. The van der Waals surface area contributed by atoms with Crippen LogP contribution in [0.5, 0.6) is 0 Å². The summed E-state index contributed by atoms with van der Waals surface area (Å²) in [5.41, 5.74) is 6.63. The zero-order chi connectivity index (χ0) is 36.8. The van der Waals surface area contributed by atoms with Gasteiger partial charge in [-0.3, -0.25) is 14.3 Å². The van der Waals surface area contributed by atoms with Crippen LogP contribution in [-0.2, 0) is 23.0 Å². The molecule has 2 atom stereocenters. The highest BCUT2D eigenvalue weighted by molar-refractivity contribution is 7.64. The Labute approximate surface area is 302 Å². The number of hydrogen-bond donors (Lipinski definition) is 0. The molecule has 0 aliphatic heterocycles. The molecule has 0 saturated carbocycles. The number of para-hydroxylation sites is 1. The van der Waals surface area contributed by atoms with Gasteiger partial charge in [-0.2, -0.15) is 0 Å². The fourth-order valence-electron chi connectivity index (χ4n) is 6.62. The number of fused-ring (bicyclic) bond motifs is 1. The Morgan fingerprint density at radius 2 is 1.43 bits per heavy atom. The van der Waals surface area contributed by atoms with E-state index in [0.29, 0.717) is 5.56 Å². The molecule has 264 valence electrons. The molecule has 0 bridgehead atoms. The number of benzene rings is 4. The Hall–Kier alpha value is -4.38. The number of hydrogen-bond acceptors (Lipinski definition) is 6. The molecule has 1 heterocycles. The maximum atomic E-state index is 14.8. The standard InChI is InChI=1S/C42H45FNO5PSi/c1-30(2)41-37(40(31-22-24-32(43)25-23-31)36-20-14-15-21-38(36)44-41)26-27-50(46,48-7)29-33(28-39(45)47-6)49-51(42(3,4)5,34-16-10-8-11-17-34)35-18-12-9-13-19-35/h8-25,30,33H,28-29H2,1-7H3/t33-,50?/m0/s1. The fraction of sp³-hybridized carbons (Fsp3) is 0.286. The Balaban J connectivity index is 1.67. The summed E-state index contributed by atoms with van der Waals surface area (Å²) in [4.78, 5) is 17.9. The van der Waals surface area contributed by atoms with Crippen molar-refractivity contribution < 1.29 is 27.4 Å². The maximum Gasteiger partial charge on any atom is 0.308 e. The molecule has 9 heteroatoms. The zero-order valence-corrected chi connectivity index (χ0v) is 32.2. The first kappa shape index (κ1) is 37.9. The SMILES string of the molecule is COC(=O)C[C@@H](CP(=O)(C#Cc1c(C(C)C)nc2ccccc2c1-c1ccc(F)cc1)OC)O[Si](c1ccccc1)(c1ccccc1)C(C)(C)C. The number of methoxy groups -OCH3 is 1. The Morgan fingerprint density at radius 1 is 0.863 bits per heavy atom. The number of pyridine rings is 1. The first-order chi connectivity index (χ1) is 24.3. The molecule has 4 aromatic carbocycles. The predicted octanol–water partition coefficient (Wildman–Crippen LogP) is 8.91. The van der Waals surface area contributed by atoms with Gasteiger partial charge in [-0.05, 0) is 50.8 Å². The number of carbonyl (C=O) groups is 1. The minimum Gasteiger partial charge on any atom is -0.469 e. The van der Waals surface area contributed by atoms with Crippen molar-refractivity contribution in [2.75, 3.05) is 20.4 Å². The Bertz CT molecular complexity index is 2050. The van der Waals surface area contributed by atoms with Crippen LogP contribution in [0.25, 0.3) is 22.0 Å². The second-order valence-electron chi connectivity index (χ2n) is 13.9. The van der Waals surface area contributed by atoms with Gasteiger partial charge in [0.05, 0.1) is 42.6 Å². The lowest BCUT2D eigenvalue weighted by Crippen LogP contribution is -2.68. The zero-order valence-electron chi connectivity index (χ0n) is 30.3. The van der Waals surface area contributed by atoms with Gasteiger partial charge in [0.1, 0.15) is 5.82 Å². The number of nitrogens with zero attached hydrogens (tertiary/aromatic N) is 1. The monoisotopic (exact) mass is 721 g/mol. The minimum absolute atomic E-state index is 0.0365. The van der Waals surface area contributed by atoms with Crippen molar-refractivity contribution in [3.8, 4) is 22.7 Å². The number of esters is 1. The second-order valence-corrected chi connectivity index (χ2v) is 20.4. The van der Waals surface area contributed by atoms with E-state index in [1.165, 1.54) is 26.4 Å². The molecule has 1 unspecified atom stereocenters. The van der Waals surface area contributed by atoms with Gasteiger partial charge in [-0.25, -0.2) is 4.39 Å². The normalized spacial score (nSPS) is 13.7. The molecule has 51 heavy (non-hydrogen) atoms. The fourth-order valence-corrected chi connectivity index (χ4v) is 12.8. The molecule has 5 rings (SSSR count). The van der Waals surface area contributed by atoms with Gasteiger partial charge in [0.25, 0.3) is 15.7 Å². The molecule has 0 saturated heterocycles. The largest absolute Gasteiger partial charge is 0.469 e. The Morgan fingerprint density at radius 3 is 1.96 bits per heavy atom. The van der Waals surface area contributed by atoms with Crippen molar-refractivity contribution in [1.82, 2.24) is 4.98 Å². The molecule has 0 radical (unpaired) electrons. The average Bonchev–Trinajstić information content (AvgIpc) is 3.12. The molecular weight excluding hydrogens is 677 g/mol. The third-order valence-corrected chi connectivity index (χ3v) is 16.1. The first-order valence-corrected chi connectivity index (χ1v) is 20.8. The lowest BCUT2D eigenvalue weighted by atomic mass is 9.91. The third kappa shape index (κ3) is 8.24. The molecule has 0 N–H and O–H groups in total. The van der Waals surface area contributed by atoms with E-state index in [9.17, 15) is 13.8 Å². The maximum absolute atomic E-state index is 14.8. The summed E-state index contributed by atoms with van der Waals surface area (Å²) in [5, 5.41) is 2.47. The van der Waals surface area contributed by atoms with Crippen LogP contribution in [0.15, 0.2) is 109 Å². The molecule has 0 fully saturated rings. The van der Waals surface area contributed by atoms with Crippen LogP contribution in [0, 0.1) is 17.4 Å². The summed E-state index contributed by atoms with van der Waals surface area (Å²) in [6, 6.07) is 34.1. The van der Waals surface area contributed by atoms with Crippen molar-refractivity contribution in [2.45, 2.75) is 58.1 Å². The number of aromatic nitrogens is 1. The van der Waals surface area contributed by atoms with Crippen LogP contribution in [0.2, 0.25) is 5.04 Å². The van der Waals surface area contributed by atoms with Gasteiger partial charge < -0.3 is 13.7 Å².